The number of carbonyl (C=O) groups is 1. The minimum Gasteiger partial charge on any atom is -0.308 e. The topological polar surface area (TPSA) is 82.6 Å². The van der Waals surface area contributed by atoms with Crippen molar-refractivity contribution in [1.29, 1.82) is 0 Å². The molecule has 1 amide bonds. The minimum absolute atomic E-state index is 0.100. The molecular formula is C26H27ClN4O3S2. The summed E-state index contributed by atoms with van der Waals surface area (Å²) in [5.74, 6) is -0.198. The van der Waals surface area contributed by atoms with E-state index < -0.39 is 10.0 Å². The number of carbonyl (C=O) groups excluding carboxylic acids is 1. The number of aryl methyl sites for hydroxylation is 2. The molecule has 7 nitrogen and oxygen atoms in total. The summed E-state index contributed by atoms with van der Waals surface area (Å²) in [6.45, 7) is 5.24. The minimum atomic E-state index is -3.78. The molecule has 0 bridgehead atoms. The smallest absolute Gasteiger partial charge is 0.261 e. The van der Waals surface area contributed by atoms with Crippen LogP contribution in [0.4, 0.5) is 10.8 Å². The van der Waals surface area contributed by atoms with Crippen molar-refractivity contribution >= 4 is 59.9 Å². The third kappa shape index (κ3) is 5.87. The SMILES string of the molecule is Cc1cc2nc(N(CCN(C)C)C(=O)c3ccc(NS(=O)(=O)c4ccc(Cl)cc4)cc3)sc2cc1C. The molecule has 4 rings (SSSR count). The van der Waals surface area contributed by atoms with E-state index in [0.29, 0.717) is 34.5 Å². The van der Waals surface area contributed by atoms with E-state index in [1.165, 1.54) is 41.2 Å². The van der Waals surface area contributed by atoms with Crippen LogP contribution in [0, 0.1) is 13.8 Å². The third-order valence-electron chi connectivity index (χ3n) is 5.75. The van der Waals surface area contributed by atoms with Crippen LogP contribution in [0.25, 0.3) is 10.2 Å². The van der Waals surface area contributed by atoms with E-state index in [4.69, 9.17) is 16.6 Å². The summed E-state index contributed by atoms with van der Waals surface area (Å²) >= 11 is 7.34. The summed E-state index contributed by atoms with van der Waals surface area (Å²) < 4.78 is 28.9. The van der Waals surface area contributed by atoms with E-state index in [9.17, 15) is 13.2 Å². The molecule has 0 fully saturated rings. The number of amides is 1. The Morgan fingerprint density at radius 2 is 1.61 bits per heavy atom. The summed E-state index contributed by atoms with van der Waals surface area (Å²) in [6, 6.07) is 16.4. The van der Waals surface area contributed by atoms with E-state index in [1.807, 2.05) is 32.0 Å². The predicted octanol–water partition coefficient (Wildman–Crippen LogP) is 5.58. The second-order valence-corrected chi connectivity index (χ2v) is 11.9. The molecule has 1 N–H and O–H groups in total. The molecular weight excluding hydrogens is 516 g/mol. The van der Waals surface area contributed by atoms with Crippen LogP contribution < -0.4 is 9.62 Å². The molecule has 188 valence electrons. The number of halogens is 1. The van der Waals surface area contributed by atoms with Crippen molar-refractivity contribution in [3.8, 4) is 0 Å². The van der Waals surface area contributed by atoms with Crippen molar-refractivity contribution in [2.24, 2.45) is 0 Å². The number of sulfonamides is 1. The lowest BCUT2D eigenvalue weighted by molar-refractivity contribution is 0.0985. The van der Waals surface area contributed by atoms with Crippen LogP contribution in [0.5, 0.6) is 0 Å². The Kier molecular flexibility index (Phi) is 7.65. The molecule has 0 aliphatic heterocycles. The van der Waals surface area contributed by atoms with E-state index >= 15 is 0 Å². The highest BCUT2D eigenvalue weighted by molar-refractivity contribution is 7.92. The first-order chi connectivity index (χ1) is 17.0. The van der Waals surface area contributed by atoms with Gasteiger partial charge in [-0.05, 0) is 99.7 Å². The summed E-state index contributed by atoms with van der Waals surface area (Å²) in [6.07, 6.45) is 0. The van der Waals surface area contributed by atoms with Crippen LogP contribution in [0.3, 0.4) is 0 Å². The average Bonchev–Trinajstić information content (AvgIpc) is 3.21. The number of benzene rings is 3. The number of likely N-dealkylation sites (N-methyl/N-ethyl adjacent to an activating group) is 1. The zero-order valence-electron chi connectivity index (χ0n) is 20.4. The average molecular weight is 543 g/mol. The molecule has 36 heavy (non-hydrogen) atoms. The molecule has 0 aliphatic rings. The molecule has 4 aromatic rings. The molecule has 0 saturated heterocycles. The quantitative estimate of drug-likeness (QED) is 0.314. The van der Waals surface area contributed by atoms with Crippen LogP contribution in [0.2, 0.25) is 5.02 Å². The Hall–Kier alpha value is -2.98. The fourth-order valence-electron chi connectivity index (χ4n) is 3.53. The number of thiazole rings is 1. The summed E-state index contributed by atoms with van der Waals surface area (Å²) in [4.78, 5) is 22.1. The standard InChI is InChI=1S/C26H27ClN4O3S2/c1-17-15-23-24(16-18(17)2)35-26(28-23)31(14-13-30(3)4)25(32)19-5-9-21(10-6-19)29-36(33,34)22-11-7-20(27)8-12-22/h5-12,15-16,29H,13-14H2,1-4H3. The van der Waals surface area contributed by atoms with Crippen molar-refractivity contribution in [3.05, 3.63) is 82.4 Å². The van der Waals surface area contributed by atoms with Gasteiger partial charge in [0.25, 0.3) is 15.9 Å². The molecule has 0 saturated carbocycles. The summed E-state index contributed by atoms with van der Waals surface area (Å²) in [7, 11) is 0.127. The fraction of sp³-hybridized carbons (Fsp3) is 0.231. The number of hydrogen-bond donors (Lipinski definition) is 1. The van der Waals surface area contributed by atoms with Gasteiger partial charge in [0.15, 0.2) is 5.13 Å². The summed E-state index contributed by atoms with van der Waals surface area (Å²) in [5.41, 5.74) is 4.00. The lowest BCUT2D eigenvalue weighted by Gasteiger charge is -2.22. The Labute approximate surface area is 220 Å². The number of aromatic nitrogens is 1. The van der Waals surface area contributed by atoms with Gasteiger partial charge in [-0.1, -0.05) is 22.9 Å². The van der Waals surface area contributed by atoms with Crippen LogP contribution in [0.1, 0.15) is 21.5 Å². The van der Waals surface area contributed by atoms with Gasteiger partial charge in [0.05, 0.1) is 15.1 Å². The van der Waals surface area contributed by atoms with Crippen molar-refractivity contribution in [2.45, 2.75) is 18.7 Å². The van der Waals surface area contributed by atoms with Gasteiger partial charge < -0.3 is 4.90 Å². The number of hydrogen-bond acceptors (Lipinski definition) is 6. The normalized spacial score (nSPS) is 11.7. The zero-order chi connectivity index (χ0) is 26.0. The first-order valence-corrected chi connectivity index (χ1v) is 13.9. The lowest BCUT2D eigenvalue weighted by Crippen LogP contribution is -2.36. The van der Waals surface area contributed by atoms with Gasteiger partial charge in [-0.2, -0.15) is 0 Å². The van der Waals surface area contributed by atoms with E-state index in [2.05, 4.69) is 17.7 Å². The Bertz CT molecular complexity index is 1460. The Morgan fingerprint density at radius 1 is 0.972 bits per heavy atom. The lowest BCUT2D eigenvalue weighted by atomic mass is 10.1. The van der Waals surface area contributed by atoms with Crippen LogP contribution in [-0.2, 0) is 10.0 Å². The van der Waals surface area contributed by atoms with Crippen molar-refractivity contribution in [2.75, 3.05) is 36.8 Å². The highest BCUT2D eigenvalue weighted by Crippen LogP contribution is 2.32. The second-order valence-electron chi connectivity index (χ2n) is 8.80. The Morgan fingerprint density at radius 3 is 2.25 bits per heavy atom. The first-order valence-electron chi connectivity index (χ1n) is 11.3. The van der Waals surface area contributed by atoms with Gasteiger partial charge >= 0.3 is 0 Å². The number of nitrogens with zero attached hydrogens (tertiary/aromatic N) is 3. The predicted molar refractivity (Wildman–Crippen MR) is 148 cm³/mol. The zero-order valence-corrected chi connectivity index (χ0v) is 22.8. The van der Waals surface area contributed by atoms with Crippen molar-refractivity contribution in [1.82, 2.24) is 9.88 Å². The van der Waals surface area contributed by atoms with Gasteiger partial charge in [0.1, 0.15) is 0 Å². The van der Waals surface area contributed by atoms with Gasteiger partial charge in [-0.3, -0.25) is 14.4 Å². The van der Waals surface area contributed by atoms with E-state index in [-0.39, 0.29) is 10.8 Å². The van der Waals surface area contributed by atoms with Gasteiger partial charge in [-0.15, -0.1) is 0 Å². The van der Waals surface area contributed by atoms with Crippen molar-refractivity contribution in [3.63, 3.8) is 0 Å². The first kappa shape index (κ1) is 26.1. The van der Waals surface area contributed by atoms with Crippen LogP contribution in [0.15, 0.2) is 65.6 Å². The fourth-order valence-corrected chi connectivity index (χ4v) is 5.79. The van der Waals surface area contributed by atoms with Crippen LogP contribution in [-0.4, -0.2) is 51.4 Å². The molecule has 10 heteroatoms. The molecule has 1 heterocycles. The molecule has 3 aromatic carbocycles. The highest BCUT2D eigenvalue weighted by atomic mass is 35.5. The maximum absolute atomic E-state index is 13.5. The van der Waals surface area contributed by atoms with Gasteiger partial charge in [-0.25, -0.2) is 13.4 Å². The van der Waals surface area contributed by atoms with Crippen molar-refractivity contribution < 1.29 is 13.2 Å². The largest absolute Gasteiger partial charge is 0.308 e. The number of rotatable bonds is 8. The molecule has 0 unspecified atom stereocenters. The number of anilines is 2. The molecule has 0 atom stereocenters. The maximum atomic E-state index is 13.5. The van der Waals surface area contributed by atoms with Crippen LogP contribution >= 0.6 is 22.9 Å². The molecule has 0 radical (unpaired) electrons. The molecule has 0 spiro atoms. The highest BCUT2D eigenvalue weighted by Gasteiger charge is 2.22. The van der Waals surface area contributed by atoms with Gasteiger partial charge in [0.2, 0.25) is 0 Å². The van der Waals surface area contributed by atoms with E-state index in [1.54, 1.807) is 29.2 Å². The molecule has 1 aromatic heterocycles. The molecule has 0 aliphatic carbocycles. The number of nitrogens with one attached hydrogen (secondary N) is 1. The summed E-state index contributed by atoms with van der Waals surface area (Å²) in [5, 5.41) is 1.09. The van der Waals surface area contributed by atoms with Gasteiger partial charge in [0, 0.05) is 29.4 Å². The third-order valence-corrected chi connectivity index (χ3v) is 8.44. The monoisotopic (exact) mass is 542 g/mol. The maximum Gasteiger partial charge on any atom is 0.261 e. The number of fused-ring (bicyclic) bond motifs is 1. The second kappa shape index (κ2) is 10.6. The van der Waals surface area contributed by atoms with E-state index in [0.717, 1.165) is 15.8 Å². The Balaban J connectivity index is 1.59.